The van der Waals surface area contributed by atoms with Crippen LogP contribution in [0.25, 0.3) is 0 Å². The molecule has 1 nitrogen and oxygen atoms in total. The molecule has 1 unspecified atom stereocenters. The average Bonchev–Trinajstić information content (AvgIpc) is 2.69. The zero-order valence-corrected chi connectivity index (χ0v) is 13.6. The van der Waals surface area contributed by atoms with Crippen LogP contribution in [-0.2, 0) is 0 Å². The van der Waals surface area contributed by atoms with E-state index in [2.05, 4.69) is 68.6 Å². The third kappa shape index (κ3) is 2.65. The first-order chi connectivity index (χ1) is 8.00. The van der Waals surface area contributed by atoms with Crippen LogP contribution in [-0.4, -0.2) is 0 Å². The Morgan fingerprint density at radius 3 is 2.29 bits per heavy atom. The Morgan fingerprint density at radius 1 is 1.00 bits per heavy atom. The van der Waals surface area contributed by atoms with Crippen LogP contribution in [0.5, 0.6) is 0 Å². The van der Waals surface area contributed by atoms with Gasteiger partial charge in [-0.25, -0.2) is 0 Å². The number of benzene rings is 1. The number of hydrogen-bond acceptors (Lipinski definition) is 2. The maximum absolute atomic E-state index is 6.34. The standard InChI is InChI=1S/C13H13Br2NS/c1-7-3-12(15)9(4-11(7)14)13(16)10-6-17-5-8(10)2/h3-6,13H,16H2,1-2H3. The van der Waals surface area contributed by atoms with Gasteiger partial charge in [0.15, 0.2) is 0 Å². The van der Waals surface area contributed by atoms with Gasteiger partial charge in [-0.3, -0.25) is 0 Å². The van der Waals surface area contributed by atoms with Gasteiger partial charge in [-0.15, -0.1) is 0 Å². The number of rotatable bonds is 2. The van der Waals surface area contributed by atoms with Crippen LogP contribution in [0.15, 0.2) is 31.8 Å². The molecule has 0 fully saturated rings. The van der Waals surface area contributed by atoms with E-state index in [0.717, 1.165) is 14.5 Å². The minimum Gasteiger partial charge on any atom is -0.320 e. The van der Waals surface area contributed by atoms with Crippen molar-refractivity contribution in [1.82, 2.24) is 0 Å². The van der Waals surface area contributed by atoms with Crippen molar-refractivity contribution in [2.45, 2.75) is 19.9 Å². The fraction of sp³-hybridized carbons (Fsp3) is 0.231. The normalized spacial score (nSPS) is 12.8. The Morgan fingerprint density at radius 2 is 1.71 bits per heavy atom. The summed E-state index contributed by atoms with van der Waals surface area (Å²) in [6.45, 7) is 4.17. The van der Waals surface area contributed by atoms with Crippen molar-refractivity contribution in [3.8, 4) is 0 Å². The maximum atomic E-state index is 6.34. The third-order valence-corrected chi connectivity index (χ3v) is 5.26. The third-order valence-electron chi connectivity index (χ3n) is 2.84. The van der Waals surface area contributed by atoms with Crippen LogP contribution in [0, 0.1) is 13.8 Å². The highest BCUT2D eigenvalue weighted by Gasteiger charge is 2.16. The molecule has 0 spiro atoms. The number of halogens is 2. The summed E-state index contributed by atoms with van der Waals surface area (Å²) < 4.78 is 2.16. The monoisotopic (exact) mass is 373 g/mol. The Labute approximate surface area is 122 Å². The van der Waals surface area contributed by atoms with Gasteiger partial charge in [-0.05, 0) is 59.0 Å². The lowest BCUT2D eigenvalue weighted by atomic mass is 9.98. The van der Waals surface area contributed by atoms with Gasteiger partial charge in [0.05, 0.1) is 6.04 Å². The summed E-state index contributed by atoms with van der Waals surface area (Å²) in [6, 6.07) is 4.12. The van der Waals surface area contributed by atoms with Crippen LogP contribution in [0.1, 0.15) is 28.3 Å². The first-order valence-corrected chi connectivity index (χ1v) is 7.77. The van der Waals surface area contributed by atoms with Gasteiger partial charge in [0.25, 0.3) is 0 Å². The molecule has 0 aliphatic heterocycles. The Hall–Kier alpha value is -0.160. The van der Waals surface area contributed by atoms with Crippen LogP contribution >= 0.6 is 43.2 Å². The molecule has 1 aromatic heterocycles. The molecule has 1 aromatic carbocycles. The van der Waals surface area contributed by atoms with Gasteiger partial charge >= 0.3 is 0 Å². The van der Waals surface area contributed by atoms with Crippen LogP contribution in [0.3, 0.4) is 0 Å². The molecule has 2 rings (SSSR count). The molecule has 2 N–H and O–H groups in total. The second-order valence-electron chi connectivity index (χ2n) is 4.11. The van der Waals surface area contributed by atoms with Gasteiger partial charge < -0.3 is 5.73 Å². The molecule has 0 saturated carbocycles. The largest absolute Gasteiger partial charge is 0.320 e. The van der Waals surface area contributed by atoms with Crippen LogP contribution in [0.2, 0.25) is 0 Å². The van der Waals surface area contributed by atoms with Crippen LogP contribution < -0.4 is 5.73 Å². The van der Waals surface area contributed by atoms with E-state index in [9.17, 15) is 0 Å². The highest BCUT2D eigenvalue weighted by molar-refractivity contribution is 9.11. The first-order valence-electron chi connectivity index (χ1n) is 5.24. The fourth-order valence-electron chi connectivity index (χ4n) is 1.76. The predicted molar refractivity (Wildman–Crippen MR) is 81.7 cm³/mol. The molecule has 0 saturated heterocycles. The molecule has 0 aliphatic rings. The molecule has 1 atom stereocenters. The molecular formula is C13H13Br2NS. The Balaban J connectivity index is 2.48. The zero-order chi connectivity index (χ0) is 12.6. The molecule has 0 amide bonds. The van der Waals surface area contributed by atoms with Crippen molar-refractivity contribution in [3.05, 3.63) is 54.1 Å². The lowest BCUT2D eigenvalue weighted by Gasteiger charge is -2.15. The van der Waals surface area contributed by atoms with E-state index in [1.165, 1.54) is 16.7 Å². The van der Waals surface area contributed by atoms with Gasteiger partial charge in [0.1, 0.15) is 0 Å². The van der Waals surface area contributed by atoms with E-state index in [0.29, 0.717) is 0 Å². The predicted octanol–water partition coefficient (Wildman–Crippen LogP) is 4.94. The van der Waals surface area contributed by atoms with Crippen molar-refractivity contribution in [2.24, 2.45) is 5.73 Å². The summed E-state index contributed by atoms with van der Waals surface area (Å²) in [6.07, 6.45) is 0. The Bertz CT molecular complexity index is 548. The molecule has 0 bridgehead atoms. The van der Waals surface area contributed by atoms with Crippen molar-refractivity contribution < 1.29 is 0 Å². The van der Waals surface area contributed by atoms with Crippen LogP contribution in [0.4, 0.5) is 0 Å². The number of thiophene rings is 1. The number of nitrogens with two attached hydrogens (primary N) is 1. The molecule has 1 heterocycles. The second-order valence-corrected chi connectivity index (χ2v) is 6.56. The van der Waals surface area contributed by atoms with E-state index in [1.54, 1.807) is 11.3 Å². The second kappa shape index (κ2) is 5.22. The van der Waals surface area contributed by atoms with Crippen molar-refractivity contribution in [2.75, 3.05) is 0 Å². The summed E-state index contributed by atoms with van der Waals surface area (Å²) in [7, 11) is 0. The molecule has 17 heavy (non-hydrogen) atoms. The minimum absolute atomic E-state index is 0.0764. The van der Waals surface area contributed by atoms with E-state index >= 15 is 0 Å². The highest BCUT2D eigenvalue weighted by atomic mass is 79.9. The van der Waals surface area contributed by atoms with Gasteiger partial charge in [0, 0.05) is 8.95 Å². The molecule has 0 aliphatic carbocycles. The van der Waals surface area contributed by atoms with E-state index in [1.807, 2.05) is 0 Å². The number of aryl methyl sites for hydroxylation is 2. The van der Waals surface area contributed by atoms with Gasteiger partial charge in [-0.2, -0.15) is 11.3 Å². The molecule has 0 radical (unpaired) electrons. The summed E-state index contributed by atoms with van der Waals surface area (Å²) >= 11 is 8.85. The van der Waals surface area contributed by atoms with Crippen molar-refractivity contribution in [3.63, 3.8) is 0 Å². The average molecular weight is 375 g/mol. The number of hydrogen-bond donors (Lipinski definition) is 1. The fourth-order valence-corrected chi connectivity index (χ4v) is 3.71. The molecule has 90 valence electrons. The van der Waals surface area contributed by atoms with E-state index < -0.39 is 0 Å². The first kappa shape index (κ1) is 13.3. The zero-order valence-electron chi connectivity index (χ0n) is 9.63. The highest BCUT2D eigenvalue weighted by Crippen LogP contribution is 2.33. The summed E-state index contributed by atoms with van der Waals surface area (Å²) in [5.74, 6) is 0. The van der Waals surface area contributed by atoms with Crippen molar-refractivity contribution >= 4 is 43.2 Å². The lowest BCUT2D eigenvalue weighted by Crippen LogP contribution is -2.13. The minimum atomic E-state index is -0.0764. The van der Waals surface area contributed by atoms with Gasteiger partial charge in [-0.1, -0.05) is 31.9 Å². The smallest absolute Gasteiger partial charge is 0.0574 e. The molecule has 4 heteroatoms. The Kier molecular flexibility index (Phi) is 4.08. The van der Waals surface area contributed by atoms with Crippen molar-refractivity contribution in [1.29, 1.82) is 0 Å². The quantitative estimate of drug-likeness (QED) is 0.791. The molecule has 2 aromatic rings. The summed E-state index contributed by atoms with van der Waals surface area (Å²) in [4.78, 5) is 0. The SMILES string of the molecule is Cc1cc(Br)c(C(N)c2cscc2C)cc1Br. The van der Waals surface area contributed by atoms with E-state index in [-0.39, 0.29) is 6.04 Å². The summed E-state index contributed by atoms with van der Waals surface area (Å²) in [5, 5.41) is 4.26. The maximum Gasteiger partial charge on any atom is 0.0574 e. The van der Waals surface area contributed by atoms with E-state index in [4.69, 9.17) is 5.73 Å². The van der Waals surface area contributed by atoms with Gasteiger partial charge in [0.2, 0.25) is 0 Å². The topological polar surface area (TPSA) is 26.0 Å². The molecular weight excluding hydrogens is 362 g/mol. The lowest BCUT2D eigenvalue weighted by molar-refractivity contribution is 0.860. The summed E-state index contributed by atoms with van der Waals surface area (Å²) in [5.41, 5.74) is 11.1.